The zero-order valence-corrected chi connectivity index (χ0v) is 14.6. The van der Waals surface area contributed by atoms with Crippen molar-refractivity contribution < 1.29 is 14.6 Å². The zero-order chi connectivity index (χ0) is 18.5. The number of aliphatic hydroxyl groups excluding tert-OH is 1. The molecule has 0 radical (unpaired) electrons. The number of halogens is 1. The second kappa shape index (κ2) is 8.06. The number of phenols is 1. The van der Waals surface area contributed by atoms with Gasteiger partial charge in [-0.25, -0.2) is 9.37 Å². The van der Waals surface area contributed by atoms with Crippen molar-refractivity contribution in [3.8, 4) is 16.9 Å². The van der Waals surface area contributed by atoms with Crippen LogP contribution in [-0.2, 0) is 0 Å². The van der Waals surface area contributed by atoms with Gasteiger partial charge in [0.1, 0.15) is 0 Å². The van der Waals surface area contributed by atoms with Gasteiger partial charge in [0.15, 0.2) is 11.6 Å². The van der Waals surface area contributed by atoms with Crippen molar-refractivity contribution in [2.75, 3.05) is 0 Å². The molecule has 3 rings (SSSR count). The maximum atomic E-state index is 13.5. The first kappa shape index (κ1) is 18.0. The Hall–Kier alpha value is -2.79. The molecule has 0 aliphatic heterocycles. The first-order valence-electron chi connectivity index (χ1n) is 8.63. The first-order valence-corrected chi connectivity index (χ1v) is 8.63. The smallest absolute Gasteiger partial charge is 0.165 e. The summed E-state index contributed by atoms with van der Waals surface area (Å²) in [4.78, 5) is 9.00. The molecule has 0 spiro atoms. The summed E-state index contributed by atoms with van der Waals surface area (Å²) in [6.45, 7) is 1.79. The molecule has 0 amide bonds. The van der Waals surface area contributed by atoms with Gasteiger partial charge in [-0.2, -0.15) is 0 Å². The second-order valence-electron chi connectivity index (χ2n) is 6.35. The number of hydrogen-bond acceptors (Lipinski definition) is 4. The molecule has 0 saturated carbocycles. The van der Waals surface area contributed by atoms with E-state index in [4.69, 9.17) is 0 Å². The van der Waals surface area contributed by atoms with E-state index in [1.54, 1.807) is 19.2 Å². The fourth-order valence-electron chi connectivity index (χ4n) is 2.71. The number of fused-ring (bicyclic) bond motifs is 1. The van der Waals surface area contributed by atoms with Crippen molar-refractivity contribution >= 4 is 17.1 Å². The Morgan fingerprint density at radius 2 is 1.88 bits per heavy atom. The van der Waals surface area contributed by atoms with Crippen LogP contribution in [-0.4, -0.2) is 26.3 Å². The highest BCUT2D eigenvalue weighted by Gasteiger charge is 2.06. The molecule has 1 heterocycles. The highest BCUT2D eigenvalue weighted by atomic mass is 19.1. The highest BCUT2D eigenvalue weighted by molar-refractivity contribution is 5.82. The zero-order valence-electron chi connectivity index (χ0n) is 14.6. The average molecular weight is 352 g/mol. The third-order valence-corrected chi connectivity index (χ3v) is 4.12. The summed E-state index contributed by atoms with van der Waals surface area (Å²) in [7, 11) is 0. The van der Waals surface area contributed by atoms with Crippen LogP contribution in [0.4, 0.5) is 4.39 Å². The third kappa shape index (κ3) is 4.43. The first-order chi connectivity index (χ1) is 12.5. The standard InChI is InChI=1S/C21H21FN2O2/c1-14(25)5-3-2-4-6-17-13-23-20-12-16(7-9-19(20)24-17)15-8-10-21(26)18(22)11-15/h4,6-14,25-26H,2-3,5H2,1H3. The van der Waals surface area contributed by atoms with Crippen LogP contribution in [0.15, 0.2) is 48.7 Å². The van der Waals surface area contributed by atoms with Crippen LogP contribution < -0.4 is 0 Å². The van der Waals surface area contributed by atoms with Crippen LogP contribution in [0.3, 0.4) is 0 Å². The predicted molar refractivity (Wildman–Crippen MR) is 101 cm³/mol. The van der Waals surface area contributed by atoms with Gasteiger partial charge in [-0.05, 0) is 67.7 Å². The topological polar surface area (TPSA) is 66.2 Å². The molecular weight excluding hydrogens is 331 g/mol. The lowest BCUT2D eigenvalue weighted by Crippen LogP contribution is -1.97. The fraction of sp³-hybridized carbons (Fsp3) is 0.238. The van der Waals surface area contributed by atoms with Crippen molar-refractivity contribution in [3.63, 3.8) is 0 Å². The van der Waals surface area contributed by atoms with Gasteiger partial charge in [0, 0.05) is 0 Å². The molecule has 5 heteroatoms. The number of aliphatic hydroxyl groups is 1. The lowest BCUT2D eigenvalue weighted by atomic mass is 10.0. The van der Waals surface area contributed by atoms with Crippen LogP contribution in [0.2, 0.25) is 0 Å². The molecule has 1 aromatic heterocycles. The van der Waals surface area contributed by atoms with E-state index in [0.717, 1.165) is 41.6 Å². The Labute approximate surface area is 151 Å². The molecule has 0 fully saturated rings. The fourth-order valence-corrected chi connectivity index (χ4v) is 2.71. The highest BCUT2D eigenvalue weighted by Crippen LogP contribution is 2.26. The van der Waals surface area contributed by atoms with Crippen LogP contribution in [0.5, 0.6) is 5.75 Å². The van der Waals surface area contributed by atoms with Crippen LogP contribution in [0.25, 0.3) is 28.2 Å². The van der Waals surface area contributed by atoms with Gasteiger partial charge in [-0.15, -0.1) is 0 Å². The van der Waals surface area contributed by atoms with E-state index >= 15 is 0 Å². The SMILES string of the molecule is CC(O)CCCC=Cc1cnc2cc(-c3ccc(O)c(F)c3)ccc2n1. The van der Waals surface area contributed by atoms with Gasteiger partial charge >= 0.3 is 0 Å². The van der Waals surface area contributed by atoms with Crippen molar-refractivity contribution in [3.05, 3.63) is 60.2 Å². The van der Waals surface area contributed by atoms with Crippen molar-refractivity contribution in [1.82, 2.24) is 9.97 Å². The van der Waals surface area contributed by atoms with E-state index < -0.39 is 5.82 Å². The van der Waals surface area contributed by atoms with Gasteiger partial charge in [0.2, 0.25) is 0 Å². The Morgan fingerprint density at radius 3 is 2.65 bits per heavy atom. The number of nitrogens with zero attached hydrogens (tertiary/aromatic N) is 2. The summed E-state index contributed by atoms with van der Waals surface area (Å²) < 4.78 is 13.5. The second-order valence-corrected chi connectivity index (χ2v) is 6.35. The van der Waals surface area contributed by atoms with Gasteiger partial charge in [-0.1, -0.05) is 18.2 Å². The minimum atomic E-state index is -0.648. The normalized spacial score (nSPS) is 12.7. The number of unbranched alkanes of at least 4 members (excludes halogenated alkanes) is 1. The Morgan fingerprint density at radius 1 is 1.12 bits per heavy atom. The van der Waals surface area contributed by atoms with E-state index in [1.165, 1.54) is 12.1 Å². The Bertz CT molecular complexity index is 938. The van der Waals surface area contributed by atoms with Crippen LogP contribution in [0, 0.1) is 5.82 Å². The van der Waals surface area contributed by atoms with Crippen LogP contribution in [0.1, 0.15) is 31.9 Å². The van der Waals surface area contributed by atoms with Gasteiger partial charge < -0.3 is 10.2 Å². The molecule has 134 valence electrons. The molecule has 0 bridgehead atoms. The molecular formula is C21H21FN2O2. The van der Waals surface area contributed by atoms with Gasteiger partial charge in [-0.3, -0.25) is 4.98 Å². The number of phenolic OH excluding ortho intramolecular Hbond substituents is 1. The summed E-state index contributed by atoms with van der Waals surface area (Å²) in [5.74, 6) is -1.01. The van der Waals surface area contributed by atoms with Crippen molar-refractivity contribution in [2.24, 2.45) is 0 Å². The molecule has 2 N–H and O–H groups in total. The molecule has 3 aromatic rings. The molecule has 0 aliphatic rings. The molecule has 0 aliphatic carbocycles. The van der Waals surface area contributed by atoms with Gasteiger partial charge in [0.05, 0.1) is 29.0 Å². The largest absolute Gasteiger partial charge is 0.505 e. The summed E-state index contributed by atoms with van der Waals surface area (Å²) in [5.41, 5.74) is 3.75. The Balaban J connectivity index is 1.77. The summed E-state index contributed by atoms with van der Waals surface area (Å²) >= 11 is 0. The molecule has 4 nitrogen and oxygen atoms in total. The number of aromatic hydroxyl groups is 1. The monoisotopic (exact) mass is 352 g/mol. The Kier molecular flexibility index (Phi) is 5.58. The lowest BCUT2D eigenvalue weighted by molar-refractivity contribution is 0.182. The molecule has 26 heavy (non-hydrogen) atoms. The number of aromatic nitrogens is 2. The molecule has 1 unspecified atom stereocenters. The molecule has 2 aromatic carbocycles. The maximum absolute atomic E-state index is 13.5. The molecule has 0 saturated heterocycles. The number of hydrogen-bond donors (Lipinski definition) is 2. The van der Waals surface area contributed by atoms with E-state index in [0.29, 0.717) is 5.56 Å². The minimum Gasteiger partial charge on any atom is -0.505 e. The van der Waals surface area contributed by atoms with E-state index in [1.807, 2.05) is 30.4 Å². The quantitative estimate of drug-likeness (QED) is 0.631. The van der Waals surface area contributed by atoms with Crippen molar-refractivity contribution in [1.29, 1.82) is 0 Å². The molecule has 1 atom stereocenters. The van der Waals surface area contributed by atoms with Gasteiger partial charge in [0.25, 0.3) is 0 Å². The summed E-state index contributed by atoms with van der Waals surface area (Å²) in [6, 6.07) is 9.87. The maximum Gasteiger partial charge on any atom is 0.165 e. The van der Waals surface area contributed by atoms with Crippen molar-refractivity contribution in [2.45, 2.75) is 32.3 Å². The number of rotatable bonds is 6. The lowest BCUT2D eigenvalue weighted by Gasteiger charge is -2.05. The number of benzene rings is 2. The van der Waals surface area contributed by atoms with E-state index in [2.05, 4.69) is 9.97 Å². The summed E-state index contributed by atoms with van der Waals surface area (Å²) in [5, 5.41) is 18.5. The van der Waals surface area contributed by atoms with E-state index in [9.17, 15) is 14.6 Å². The van der Waals surface area contributed by atoms with E-state index in [-0.39, 0.29) is 11.9 Å². The summed E-state index contributed by atoms with van der Waals surface area (Å²) in [6.07, 6.45) is 8.00. The van der Waals surface area contributed by atoms with Crippen LogP contribution >= 0.6 is 0 Å². The average Bonchev–Trinajstić information content (AvgIpc) is 2.63. The predicted octanol–water partition coefficient (Wildman–Crippen LogP) is 4.71. The number of allylic oxidation sites excluding steroid dienone is 1. The third-order valence-electron chi connectivity index (χ3n) is 4.12. The minimum absolute atomic E-state index is 0.264.